The number of ether oxygens (including phenoxy) is 2. The Bertz CT molecular complexity index is 304. The first-order chi connectivity index (χ1) is 7.24. The van der Waals surface area contributed by atoms with Gasteiger partial charge in [-0.1, -0.05) is 0 Å². The lowest BCUT2D eigenvalue weighted by atomic mass is 10.2. The summed E-state index contributed by atoms with van der Waals surface area (Å²) in [6.07, 6.45) is 0.550. The monoisotopic (exact) mass is 207 g/mol. The molecule has 1 N–H and O–H groups in total. The zero-order chi connectivity index (χ0) is 10.7. The van der Waals surface area contributed by atoms with Crippen molar-refractivity contribution in [3.05, 3.63) is 24.3 Å². The largest absolute Gasteiger partial charge is 0.491 e. The molecule has 1 aromatic carbocycles. The van der Waals surface area contributed by atoms with Crippen LogP contribution in [0.5, 0.6) is 11.5 Å². The lowest BCUT2D eigenvalue weighted by Gasteiger charge is -2.27. The first kappa shape index (κ1) is 10.3. The van der Waals surface area contributed by atoms with Crippen molar-refractivity contribution in [1.82, 2.24) is 5.32 Å². The lowest BCUT2D eigenvalue weighted by Crippen LogP contribution is -2.50. The molecule has 1 aromatic rings. The molecular weight excluding hydrogens is 190 g/mol. The van der Waals surface area contributed by atoms with Crippen molar-refractivity contribution < 1.29 is 9.47 Å². The zero-order valence-corrected chi connectivity index (χ0v) is 9.19. The number of rotatable bonds is 4. The first-order valence-electron chi connectivity index (χ1n) is 5.38. The van der Waals surface area contributed by atoms with Crippen molar-refractivity contribution in [3.8, 4) is 11.5 Å². The van der Waals surface area contributed by atoms with Crippen LogP contribution in [0.4, 0.5) is 0 Å². The summed E-state index contributed by atoms with van der Waals surface area (Å²) >= 11 is 0. The minimum Gasteiger partial charge on any atom is -0.491 e. The number of benzene rings is 1. The fourth-order valence-corrected chi connectivity index (χ4v) is 1.41. The van der Waals surface area contributed by atoms with Crippen molar-refractivity contribution in [1.29, 1.82) is 0 Å². The van der Waals surface area contributed by atoms with Crippen LogP contribution in [0, 0.1) is 0 Å². The fourth-order valence-electron chi connectivity index (χ4n) is 1.41. The van der Waals surface area contributed by atoms with Crippen molar-refractivity contribution in [2.45, 2.75) is 26.1 Å². The van der Waals surface area contributed by atoms with E-state index in [4.69, 9.17) is 9.47 Å². The molecule has 3 heteroatoms. The molecule has 0 aliphatic carbocycles. The Kier molecular flexibility index (Phi) is 3.11. The Morgan fingerprint density at radius 3 is 2.20 bits per heavy atom. The summed E-state index contributed by atoms with van der Waals surface area (Å²) in [6, 6.07) is 7.80. The Balaban J connectivity index is 1.91. The topological polar surface area (TPSA) is 30.5 Å². The van der Waals surface area contributed by atoms with E-state index < -0.39 is 0 Å². The van der Waals surface area contributed by atoms with E-state index in [0.29, 0.717) is 6.10 Å². The third-order valence-corrected chi connectivity index (χ3v) is 2.24. The van der Waals surface area contributed by atoms with E-state index in [1.807, 2.05) is 38.1 Å². The second kappa shape index (κ2) is 4.53. The molecule has 0 bridgehead atoms. The summed E-state index contributed by atoms with van der Waals surface area (Å²) in [5, 5.41) is 3.17. The Labute approximate surface area is 90.4 Å². The molecule has 0 atom stereocenters. The molecule has 1 saturated heterocycles. The van der Waals surface area contributed by atoms with Gasteiger partial charge >= 0.3 is 0 Å². The average Bonchev–Trinajstić information content (AvgIpc) is 2.13. The van der Waals surface area contributed by atoms with Crippen molar-refractivity contribution >= 4 is 0 Å². The molecule has 0 unspecified atom stereocenters. The van der Waals surface area contributed by atoms with E-state index in [9.17, 15) is 0 Å². The van der Waals surface area contributed by atoms with Gasteiger partial charge in [-0.15, -0.1) is 0 Å². The molecule has 1 aliphatic heterocycles. The average molecular weight is 207 g/mol. The number of hydrogen-bond donors (Lipinski definition) is 1. The highest BCUT2D eigenvalue weighted by atomic mass is 16.5. The van der Waals surface area contributed by atoms with Crippen LogP contribution in [-0.4, -0.2) is 25.3 Å². The van der Waals surface area contributed by atoms with Crippen molar-refractivity contribution in [2.75, 3.05) is 13.1 Å². The fraction of sp³-hybridized carbons (Fsp3) is 0.500. The van der Waals surface area contributed by atoms with Gasteiger partial charge in [0.2, 0.25) is 0 Å². The van der Waals surface area contributed by atoms with Crippen LogP contribution in [0.3, 0.4) is 0 Å². The van der Waals surface area contributed by atoms with Crippen LogP contribution in [0.1, 0.15) is 13.8 Å². The van der Waals surface area contributed by atoms with Gasteiger partial charge in [0.1, 0.15) is 17.6 Å². The summed E-state index contributed by atoms with van der Waals surface area (Å²) < 4.78 is 11.2. The van der Waals surface area contributed by atoms with Gasteiger partial charge in [0.05, 0.1) is 6.10 Å². The van der Waals surface area contributed by atoms with Crippen molar-refractivity contribution in [3.63, 3.8) is 0 Å². The summed E-state index contributed by atoms with van der Waals surface area (Å²) in [7, 11) is 0. The van der Waals surface area contributed by atoms with Gasteiger partial charge in [0.15, 0.2) is 0 Å². The van der Waals surface area contributed by atoms with E-state index in [1.165, 1.54) is 0 Å². The highest BCUT2D eigenvalue weighted by Crippen LogP contribution is 2.20. The second-order valence-corrected chi connectivity index (χ2v) is 4.04. The quantitative estimate of drug-likeness (QED) is 0.817. The molecule has 1 aliphatic rings. The van der Waals surface area contributed by atoms with Crippen molar-refractivity contribution in [2.24, 2.45) is 0 Å². The summed E-state index contributed by atoms with van der Waals surface area (Å²) in [4.78, 5) is 0. The van der Waals surface area contributed by atoms with Crippen LogP contribution in [-0.2, 0) is 0 Å². The Morgan fingerprint density at radius 2 is 1.73 bits per heavy atom. The molecule has 15 heavy (non-hydrogen) atoms. The van der Waals surface area contributed by atoms with Crippen LogP contribution in [0.25, 0.3) is 0 Å². The van der Waals surface area contributed by atoms with E-state index in [-0.39, 0.29) is 6.10 Å². The first-order valence-corrected chi connectivity index (χ1v) is 5.38. The molecular formula is C12H17NO2. The summed E-state index contributed by atoms with van der Waals surface area (Å²) in [5.74, 6) is 1.81. The van der Waals surface area contributed by atoms with Gasteiger partial charge in [0, 0.05) is 13.1 Å². The van der Waals surface area contributed by atoms with Crippen LogP contribution >= 0.6 is 0 Å². The Hall–Kier alpha value is -1.22. The molecule has 0 amide bonds. The molecule has 82 valence electrons. The molecule has 2 rings (SSSR count). The van der Waals surface area contributed by atoms with Gasteiger partial charge in [-0.3, -0.25) is 0 Å². The molecule has 0 spiro atoms. The van der Waals surface area contributed by atoms with Gasteiger partial charge in [-0.2, -0.15) is 0 Å². The van der Waals surface area contributed by atoms with Crippen LogP contribution in [0.15, 0.2) is 24.3 Å². The zero-order valence-electron chi connectivity index (χ0n) is 9.19. The van der Waals surface area contributed by atoms with Gasteiger partial charge in [0.25, 0.3) is 0 Å². The normalized spacial score (nSPS) is 16.2. The SMILES string of the molecule is CC(C)Oc1ccc(OC2CNC2)cc1. The van der Waals surface area contributed by atoms with Gasteiger partial charge < -0.3 is 14.8 Å². The minimum absolute atomic E-state index is 0.215. The standard InChI is InChI=1S/C12H17NO2/c1-9(2)14-10-3-5-11(6-4-10)15-12-7-13-8-12/h3-6,9,12-13H,7-8H2,1-2H3. The third-order valence-electron chi connectivity index (χ3n) is 2.24. The second-order valence-electron chi connectivity index (χ2n) is 4.04. The molecule has 0 aromatic heterocycles. The van der Waals surface area contributed by atoms with E-state index in [1.54, 1.807) is 0 Å². The van der Waals surface area contributed by atoms with E-state index >= 15 is 0 Å². The smallest absolute Gasteiger partial charge is 0.123 e. The number of nitrogens with one attached hydrogen (secondary N) is 1. The maximum Gasteiger partial charge on any atom is 0.123 e. The van der Waals surface area contributed by atoms with Gasteiger partial charge in [-0.05, 0) is 38.1 Å². The molecule has 0 radical (unpaired) electrons. The number of hydrogen-bond acceptors (Lipinski definition) is 3. The maximum absolute atomic E-state index is 5.69. The molecule has 3 nitrogen and oxygen atoms in total. The Morgan fingerprint density at radius 1 is 1.13 bits per heavy atom. The molecule has 0 saturated carbocycles. The third kappa shape index (κ3) is 2.86. The summed E-state index contributed by atoms with van der Waals surface area (Å²) in [5.41, 5.74) is 0. The van der Waals surface area contributed by atoms with E-state index in [2.05, 4.69) is 5.32 Å². The predicted octanol–water partition coefficient (Wildman–Crippen LogP) is 1.82. The van der Waals surface area contributed by atoms with Gasteiger partial charge in [-0.25, -0.2) is 0 Å². The van der Waals surface area contributed by atoms with Crippen LogP contribution in [0.2, 0.25) is 0 Å². The van der Waals surface area contributed by atoms with E-state index in [0.717, 1.165) is 24.6 Å². The maximum atomic E-state index is 5.69. The minimum atomic E-state index is 0.215. The predicted molar refractivity (Wildman–Crippen MR) is 59.5 cm³/mol. The summed E-state index contributed by atoms with van der Waals surface area (Å²) in [6.45, 7) is 5.93. The highest BCUT2D eigenvalue weighted by Gasteiger charge is 2.17. The molecule has 1 heterocycles. The highest BCUT2D eigenvalue weighted by molar-refractivity contribution is 5.31. The molecule has 1 fully saturated rings. The lowest BCUT2D eigenvalue weighted by molar-refractivity contribution is 0.142. The van der Waals surface area contributed by atoms with Crippen LogP contribution < -0.4 is 14.8 Å².